The molecule has 0 aliphatic heterocycles. The van der Waals surface area contributed by atoms with Crippen molar-refractivity contribution >= 4 is 33.1 Å². The standard InChI is InChI=1S/C16H15N3O2S/c1-3-10(2)18-19-16-17-13(9-22-16)12-8-11-6-4-5-7-14(11)21-15(12)20/h4-9H,3H2,1-2H3,(H,17,19)/b18-10+. The monoisotopic (exact) mass is 313 g/mol. The predicted molar refractivity (Wildman–Crippen MR) is 90.6 cm³/mol. The normalized spacial score (nSPS) is 11.8. The first kappa shape index (κ1) is 14.5. The average Bonchev–Trinajstić information content (AvgIpc) is 3.00. The molecule has 0 bridgehead atoms. The summed E-state index contributed by atoms with van der Waals surface area (Å²) < 4.78 is 5.33. The molecule has 0 amide bonds. The lowest BCUT2D eigenvalue weighted by molar-refractivity contribution is 0.563. The second-order valence-corrected chi connectivity index (χ2v) is 5.69. The van der Waals surface area contributed by atoms with E-state index in [-0.39, 0.29) is 5.63 Å². The minimum Gasteiger partial charge on any atom is -0.422 e. The Labute approximate surface area is 131 Å². The van der Waals surface area contributed by atoms with Crippen molar-refractivity contribution in [3.8, 4) is 11.3 Å². The third-order valence-corrected chi connectivity index (χ3v) is 4.02. The highest BCUT2D eigenvalue weighted by molar-refractivity contribution is 7.14. The largest absolute Gasteiger partial charge is 0.422 e. The molecule has 1 aromatic carbocycles. The highest BCUT2D eigenvalue weighted by Gasteiger charge is 2.11. The van der Waals surface area contributed by atoms with Crippen LogP contribution in [0.15, 0.2) is 50.0 Å². The molecule has 0 aliphatic carbocycles. The first-order valence-electron chi connectivity index (χ1n) is 6.95. The summed E-state index contributed by atoms with van der Waals surface area (Å²) >= 11 is 1.40. The molecular weight excluding hydrogens is 298 g/mol. The number of thiazole rings is 1. The summed E-state index contributed by atoms with van der Waals surface area (Å²) in [7, 11) is 0. The Hall–Kier alpha value is -2.47. The topological polar surface area (TPSA) is 67.5 Å². The Kier molecular flexibility index (Phi) is 4.02. The average molecular weight is 313 g/mol. The molecule has 6 heteroatoms. The molecule has 5 nitrogen and oxygen atoms in total. The van der Waals surface area contributed by atoms with Crippen LogP contribution in [0, 0.1) is 0 Å². The van der Waals surface area contributed by atoms with Gasteiger partial charge in [-0.05, 0) is 25.5 Å². The number of nitrogens with one attached hydrogen (secondary N) is 1. The molecule has 2 heterocycles. The maximum Gasteiger partial charge on any atom is 0.345 e. The van der Waals surface area contributed by atoms with Crippen molar-refractivity contribution in [1.29, 1.82) is 0 Å². The maximum atomic E-state index is 12.1. The maximum absolute atomic E-state index is 12.1. The van der Waals surface area contributed by atoms with E-state index in [1.165, 1.54) is 11.3 Å². The number of anilines is 1. The van der Waals surface area contributed by atoms with Crippen LogP contribution in [0.5, 0.6) is 0 Å². The van der Waals surface area contributed by atoms with Crippen molar-refractivity contribution in [2.24, 2.45) is 5.10 Å². The van der Waals surface area contributed by atoms with E-state index in [0.29, 0.717) is 22.0 Å². The summed E-state index contributed by atoms with van der Waals surface area (Å²) in [5.41, 5.74) is 5.14. The van der Waals surface area contributed by atoms with Gasteiger partial charge in [0.25, 0.3) is 0 Å². The van der Waals surface area contributed by atoms with E-state index >= 15 is 0 Å². The lowest BCUT2D eigenvalue weighted by atomic mass is 10.1. The van der Waals surface area contributed by atoms with Gasteiger partial charge in [-0.1, -0.05) is 25.1 Å². The van der Waals surface area contributed by atoms with Gasteiger partial charge in [-0.3, -0.25) is 5.43 Å². The number of fused-ring (bicyclic) bond motifs is 1. The van der Waals surface area contributed by atoms with Crippen molar-refractivity contribution in [2.75, 3.05) is 5.43 Å². The molecule has 22 heavy (non-hydrogen) atoms. The molecule has 2 aromatic heterocycles. The van der Waals surface area contributed by atoms with Crippen LogP contribution in [0.3, 0.4) is 0 Å². The number of hydrogen-bond donors (Lipinski definition) is 1. The van der Waals surface area contributed by atoms with Crippen molar-refractivity contribution in [3.05, 3.63) is 46.1 Å². The Morgan fingerprint density at radius 3 is 3.05 bits per heavy atom. The van der Waals surface area contributed by atoms with Gasteiger partial charge in [0.05, 0.1) is 11.3 Å². The van der Waals surface area contributed by atoms with Crippen molar-refractivity contribution in [2.45, 2.75) is 20.3 Å². The Bertz CT molecular complexity index is 896. The van der Waals surface area contributed by atoms with Gasteiger partial charge in [-0.25, -0.2) is 9.78 Å². The van der Waals surface area contributed by atoms with Gasteiger partial charge in [0.2, 0.25) is 5.13 Å². The van der Waals surface area contributed by atoms with Gasteiger partial charge < -0.3 is 4.42 Å². The minimum atomic E-state index is -0.385. The highest BCUT2D eigenvalue weighted by atomic mass is 32.1. The van der Waals surface area contributed by atoms with Crippen LogP contribution in [0.25, 0.3) is 22.2 Å². The molecule has 0 radical (unpaired) electrons. The fourth-order valence-corrected chi connectivity index (χ4v) is 2.56. The van der Waals surface area contributed by atoms with Crippen LogP contribution in [-0.2, 0) is 0 Å². The predicted octanol–water partition coefficient (Wildman–Crippen LogP) is 4.11. The van der Waals surface area contributed by atoms with Crippen LogP contribution in [0.4, 0.5) is 5.13 Å². The Morgan fingerprint density at radius 2 is 2.23 bits per heavy atom. The summed E-state index contributed by atoms with van der Waals surface area (Å²) in [6.07, 6.45) is 0.874. The van der Waals surface area contributed by atoms with E-state index in [0.717, 1.165) is 17.5 Å². The lowest BCUT2D eigenvalue weighted by Gasteiger charge is -1.99. The zero-order valence-electron chi connectivity index (χ0n) is 12.3. The zero-order chi connectivity index (χ0) is 15.5. The van der Waals surface area contributed by atoms with E-state index in [1.807, 2.05) is 37.4 Å². The van der Waals surface area contributed by atoms with E-state index in [9.17, 15) is 4.79 Å². The number of nitrogens with zero attached hydrogens (tertiary/aromatic N) is 2. The third-order valence-electron chi connectivity index (χ3n) is 3.28. The molecule has 0 spiro atoms. The number of benzene rings is 1. The Balaban J connectivity index is 1.96. The van der Waals surface area contributed by atoms with Crippen LogP contribution in [-0.4, -0.2) is 10.7 Å². The van der Waals surface area contributed by atoms with E-state index < -0.39 is 0 Å². The number of aromatic nitrogens is 1. The molecule has 3 rings (SSSR count). The molecule has 112 valence electrons. The van der Waals surface area contributed by atoms with Gasteiger partial charge in [-0.2, -0.15) is 5.10 Å². The summed E-state index contributed by atoms with van der Waals surface area (Å²) in [4.78, 5) is 16.5. The quantitative estimate of drug-likeness (QED) is 0.447. The van der Waals surface area contributed by atoms with Crippen LogP contribution >= 0.6 is 11.3 Å². The molecule has 1 N–H and O–H groups in total. The Morgan fingerprint density at radius 1 is 1.41 bits per heavy atom. The van der Waals surface area contributed by atoms with Gasteiger partial charge in [0.1, 0.15) is 5.58 Å². The van der Waals surface area contributed by atoms with Crippen molar-refractivity contribution in [1.82, 2.24) is 4.98 Å². The van der Waals surface area contributed by atoms with Crippen LogP contribution in [0.1, 0.15) is 20.3 Å². The van der Waals surface area contributed by atoms with Crippen molar-refractivity contribution < 1.29 is 4.42 Å². The SMILES string of the molecule is CC/C(C)=N/Nc1nc(-c2cc3ccccc3oc2=O)cs1. The van der Waals surface area contributed by atoms with Gasteiger partial charge in [0, 0.05) is 16.5 Å². The first-order chi connectivity index (χ1) is 10.7. The first-order valence-corrected chi connectivity index (χ1v) is 7.83. The molecule has 0 aliphatic rings. The number of para-hydroxylation sites is 1. The molecule has 3 aromatic rings. The smallest absolute Gasteiger partial charge is 0.345 e. The fourth-order valence-electron chi connectivity index (χ4n) is 1.91. The van der Waals surface area contributed by atoms with E-state index in [4.69, 9.17) is 4.42 Å². The molecule has 0 atom stereocenters. The fraction of sp³-hybridized carbons (Fsp3) is 0.188. The summed E-state index contributed by atoms with van der Waals surface area (Å²) in [6, 6.07) is 9.23. The minimum absolute atomic E-state index is 0.385. The summed E-state index contributed by atoms with van der Waals surface area (Å²) in [5.74, 6) is 0. The molecular formula is C16H15N3O2S. The van der Waals surface area contributed by atoms with Crippen LogP contribution < -0.4 is 11.1 Å². The second kappa shape index (κ2) is 6.11. The van der Waals surface area contributed by atoms with Crippen LogP contribution in [0.2, 0.25) is 0 Å². The summed E-state index contributed by atoms with van der Waals surface area (Å²) in [6.45, 7) is 3.98. The third kappa shape index (κ3) is 2.92. The lowest BCUT2D eigenvalue weighted by Crippen LogP contribution is -2.03. The molecule has 0 saturated carbocycles. The van der Waals surface area contributed by atoms with Gasteiger partial charge >= 0.3 is 5.63 Å². The van der Waals surface area contributed by atoms with Gasteiger partial charge in [0.15, 0.2) is 0 Å². The summed E-state index contributed by atoms with van der Waals surface area (Å²) in [5, 5.41) is 7.55. The zero-order valence-corrected chi connectivity index (χ0v) is 13.1. The number of rotatable bonds is 4. The van der Waals surface area contributed by atoms with E-state index in [1.54, 1.807) is 12.1 Å². The van der Waals surface area contributed by atoms with E-state index in [2.05, 4.69) is 15.5 Å². The molecule has 0 unspecified atom stereocenters. The molecule has 0 saturated heterocycles. The number of hydrazone groups is 1. The van der Waals surface area contributed by atoms with Crippen molar-refractivity contribution in [3.63, 3.8) is 0 Å². The van der Waals surface area contributed by atoms with Gasteiger partial charge in [-0.15, -0.1) is 11.3 Å². The number of hydrogen-bond acceptors (Lipinski definition) is 6. The second-order valence-electron chi connectivity index (χ2n) is 4.84. The highest BCUT2D eigenvalue weighted by Crippen LogP contribution is 2.25. The molecule has 0 fully saturated rings.